The zero-order chi connectivity index (χ0) is 16.1. The molecule has 23 heavy (non-hydrogen) atoms. The molecule has 2 aromatic carbocycles. The number of para-hydroxylation sites is 2. The maximum atomic E-state index is 12.4. The van der Waals surface area contributed by atoms with Crippen molar-refractivity contribution in [2.24, 2.45) is 4.99 Å². The molecule has 0 bridgehead atoms. The average Bonchev–Trinajstić information content (AvgIpc) is 2.56. The van der Waals surface area contributed by atoms with E-state index in [1.165, 1.54) is 12.3 Å². The van der Waals surface area contributed by atoms with E-state index in [9.17, 15) is 9.59 Å². The van der Waals surface area contributed by atoms with Gasteiger partial charge in [0, 0.05) is 12.3 Å². The van der Waals surface area contributed by atoms with Gasteiger partial charge in [-0.3, -0.25) is 14.6 Å². The van der Waals surface area contributed by atoms with E-state index >= 15 is 0 Å². The molecule has 1 heterocycles. The minimum absolute atomic E-state index is 0.118. The van der Waals surface area contributed by atoms with Gasteiger partial charge in [0.05, 0.1) is 11.3 Å². The smallest absolute Gasteiger partial charge is 0.259 e. The summed E-state index contributed by atoms with van der Waals surface area (Å²) in [6.45, 7) is 0.118. The first-order chi connectivity index (χ1) is 11.2. The average molecular weight is 306 g/mol. The highest BCUT2D eigenvalue weighted by molar-refractivity contribution is 6.06. The lowest BCUT2D eigenvalue weighted by molar-refractivity contribution is -0.113. The van der Waals surface area contributed by atoms with Gasteiger partial charge in [-0.1, -0.05) is 30.3 Å². The van der Waals surface area contributed by atoms with E-state index in [0.29, 0.717) is 22.8 Å². The van der Waals surface area contributed by atoms with Crippen LogP contribution in [0.4, 0.5) is 0 Å². The maximum absolute atomic E-state index is 12.4. The topological polar surface area (TPSA) is 67.8 Å². The summed E-state index contributed by atoms with van der Waals surface area (Å²) in [7, 11) is 0. The number of aliphatic imine (C=N–C) groups is 1. The number of carbonyl (C=O) groups excluding carboxylic acids is 2. The minimum atomic E-state index is -0.357. The molecule has 0 unspecified atom stereocenters. The highest BCUT2D eigenvalue weighted by atomic mass is 16.5. The van der Waals surface area contributed by atoms with Crippen LogP contribution < -0.4 is 10.1 Å². The molecule has 1 aliphatic rings. The van der Waals surface area contributed by atoms with Crippen molar-refractivity contribution < 1.29 is 14.3 Å². The third kappa shape index (κ3) is 3.71. The maximum Gasteiger partial charge on any atom is 0.259 e. The van der Waals surface area contributed by atoms with Gasteiger partial charge in [-0.05, 0) is 24.3 Å². The number of hydrogen-bond acceptors (Lipinski definition) is 4. The van der Waals surface area contributed by atoms with Gasteiger partial charge in [0.25, 0.3) is 5.91 Å². The van der Waals surface area contributed by atoms with Crippen molar-refractivity contribution in [3.05, 3.63) is 71.9 Å². The largest absolute Gasteiger partial charge is 0.457 e. The predicted molar refractivity (Wildman–Crippen MR) is 86.9 cm³/mol. The van der Waals surface area contributed by atoms with Crippen molar-refractivity contribution >= 4 is 17.9 Å². The van der Waals surface area contributed by atoms with Gasteiger partial charge in [-0.15, -0.1) is 0 Å². The molecule has 0 radical (unpaired) electrons. The standard InChI is InChI=1S/C18H14N2O3/c21-14-10-13(11-19-12-14)20-18(22)16-8-4-5-9-17(16)23-15-6-2-1-3-7-15/h1-11H,12H2,(H,20,22). The fourth-order valence-electron chi connectivity index (χ4n) is 2.12. The molecular weight excluding hydrogens is 292 g/mol. The van der Waals surface area contributed by atoms with E-state index in [2.05, 4.69) is 10.3 Å². The number of nitrogens with zero attached hydrogens (tertiary/aromatic N) is 1. The summed E-state index contributed by atoms with van der Waals surface area (Å²) in [5.41, 5.74) is 0.754. The Hall–Kier alpha value is -3.21. The van der Waals surface area contributed by atoms with Crippen molar-refractivity contribution in [2.45, 2.75) is 0 Å². The molecule has 0 aliphatic carbocycles. The van der Waals surface area contributed by atoms with Crippen LogP contribution in [-0.2, 0) is 4.79 Å². The fraction of sp³-hybridized carbons (Fsp3) is 0.0556. The Morgan fingerprint density at radius 1 is 1.04 bits per heavy atom. The Labute approximate surface area is 133 Å². The van der Waals surface area contributed by atoms with Crippen molar-refractivity contribution in [3.8, 4) is 11.5 Å². The number of ketones is 1. The van der Waals surface area contributed by atoms with Crippen LogP contribution in [0.25, 0.3) is 0 Å². The predicted octanol–water partition coefficient (Wildman–Crippen LogP) is 2.75. The molecule has 0 saturated carbocycles. The number of allylic oxidation sites excluding steroid dienone is 1. The van der Waals surface area contributed by atoms with E-state index in [4.69, 9.17) is 4.74 Å². The summed E-state index contributed by atoms with van der Waals surface area (Å²) in [5, 5.41) is 2.66. The molecule has 5 heteroatoms. The third-order valence-electron chi connectivity index (χ3n) is 3.15. The molecule has 0 spiro atoms. The molecular formula is C18H14N2O3. The number of amides is 1. The second-order valence-electron chi connectivity index (χ2n) is 4.90. The first-order valence-electron chi connectivity index (χ1n) is 7.10. The van der Waals surface area contributed by atoms with Crippen LogP contribution in [-0.4, -0.2) is 24.4 Å². The number of carbonyl (C=O) groups is 2. The van der Waals surface area contributed by atoms with Gasteiger partial charge in [0.1, 0.15) is 18.0 Å². The van der Waals surface area contributed by atoms with E-state index in [1.54, 1.807) is 24.3 Å². The van der Waals surface area contributed by atoms with E-state index in [0.717, 1.165) is 0 Å². The SMILES string of the molecule is O=C1C=C(NC(=O)c2ccccc2Oc2ccccc2)C=NC1. The molecule has 3 rings (SSSR count). The lowest BCUT2D eigenvalue weighted by Crippen LogP contribution is -2.26. The summed E-state index contributed by atoms with van der Waals surface area (Å²) >= 11 is 0. The second kappa shape index (κ2) is 6.70. The van der Waals surface area contributed by atoms with Crippen molar-refractivity contribution in [1.82, 2.24) is 5.32 Å². The highest BCUT2D eigenvalue weighted by Crippen LogP contribution is 2.25. The van der Waals surface area contributed by atoms with Gasteiger partial charge in [0.2, 0.25) is 0 Å². The lowest BCUT2D eigenvalue weighted by Gasteiger charge is -2.12. The quantitative estimate of drug-likeness (QED) is 0.944. The molecule has 0 atom stereocenters. The number of benzene rings is 2. The molecule has 2 aromatic rings. The van der Waals surface area contributed by atoms with Gasteiger partial charge in [0.15, 0.2) is 5.78 Å². The molecule has 0 saturated heterocycles. The summed E-state index contributed by atoms with van der Waals surface area (Å²) < 4.78 is 5.76. The van der Waals surface area contributed by atoms with E-state index in [-0.39, 0.29) is 18.2 Å². The Morgan fingerprint density at radius 2 is 1.78 bits per heavy atom. The van der Waals surface area contributed by atoms with Crippen LogP contribution in [0.2, 0.25) is 0 Å². The molecule has 0 fully saturated rings. The molecule has 114 valence electrons. The van der Waals surface area contributed by atoms with Crippen LogP contribution in [0.3, 0.4) is 0 Å². The van der Waals surface area contributed by atoms with Crippen LogP contribution in [0, 0.1) is 0 Å². The van der Waals surface area contributed by atoms with Crippen LogP contribution in [0.5, 0.6) is 11.5 Å². The number of nitrogens with one attached hydrogen (secondary N) is 1. The molecule has 5 nitrogen and oxygen atoms in total. The summed E-state index contributed by atoms with van der Waals surface area (Å²) in [6.07, 6.45) is 2.84. The van der Waals surface area contributed by atoms with Crippen molar-refractivity contribution in [1.29, 1.82) is 0 Å². The normalized spacial score (nSPS) is 13.4. The Morgan fingerprint density at radius 3 is 2.57 bits per heavy atom. The monoisotopic (exact) mass is 306 g/mol. The fourth-order valence-corrected chi connectivity index (χ4v) is 2.12. The number of ether oxygens (including phenoxy) is 1. The van der Waals surface area contributed by atoms with Crippen LogP contribution >= 0.6 is 0 Å². The van der Waals surface area contributed by atoms with E-state index < -0.39 is 0 Å². The summed E-state index contributed by atoms with van der Waals surface area (Å²) in [6, 6.07) is 16.1. The molecule has 1 amide bonds. The van der Waals surface area contributed by atoms with Crippen molar-refractivity contribution in [3.63, 3.8) is 0 Å². The van der Waals surface area contributed by atoms with Gasteiger partial charge < -0.3 is 10.1 Å². The number of rotatable bonds is 4. The van der Waals surface area contributed by atoms with Gasteiger partial charge >= 0.3 is 0 Å². The Balaban J connectivity index is 1.81. The van der Waals surface area contributed by atoms with Crippen LogP contribution in [0.1, 0.15) is 10.4 Å². The zero-order valence-corrected chi connectivity index (χ0v) is 12.2. The molecule has 1 aliphatic heterocycles. The van der Waals surface area contributed by atoms with E-state index in [1.807, 2.05) is 30.3 Å². The Kier molecular flexibility index (Phi) is 4.29. The number of dihydropyridines is 1. The minimum Gasteiger partial charge on any atom is -0.457 e. The first-order valence-corrected chi connectivity index (χ1v) is 7.10. The summed E-state index contributed by atoms with van der Waals surface area (Å²) in [4.78, 5) is 27.6. The Bertz CT molecular complexity index is 795. The van der Waals surface area contributed by atoms with Crippen molar-refractivity contribution in [2.75, 3.05) is 6.54 Å². The second-order valence-corrected chi connectivity index (χ2v) is 4.90. The first kappa shape index (κ1) is 14.7. The van der Waals surface area contributed by atoms with Crippen LogP contribution in [0.15, 0.2) is 71.4 Å². The molecule has 0 aromatic heterocycles. The van der Waals surface area contributed by atoms with Gasteiger partial charge in [-0.2, -0.15) is 0 Å². The third-order valence-corrected chi connectivity index (χ3v) is 3.15. The van der Waals surface area contributed by atoms with Gasteiger partial charge in [-0.25, -0.2) is 0 Å². The number of hydrogen-bond donors (Lipinski definition) is 1. The molecule has 1 N–H and O–H groups in total. The highest BCUT2D eigenvalue weighted by Gasteiger charge is 2.15. The zero-order valence-electron chi connectivity index (χ0n) is 12.2. The lowest BCUT2D eigenvalue weighted by atomic mass is 10.1. The summed E-state index contributed by atoms with van der Waals surface area (Å²) in [5.74, 6) is 0.581.